The van der Waals surface area contributed by atoms with Gasteiger partial charge in [0, 0.05) is 19.8 Å². The summed E-state index contributed by atoms with van der Waals surface area (Å²) in [7, 11) is 0. The van der Waals surface area contributed by atoms with Gasteiger partial charge in [-0.25, -0.2) is 4.98 Å². The number of nitrogens with one attached hydrogen (secondary N) is 1. The van der Waals surface area contributed by atoms with E-state index in [4.69, 9.17) is 10.5 Å². The van der Waals surface area contributed by atoms with E-state index in [1.54, 1.807) is 6.07 Å². The molecule has 4 heteroatoms. The molecule has 2 heterocycles. The van der Waals surface area contributed by atoms with E-state index in [0.29, 0.717) is 11.7 Å². The number of anilines is 2. The average molecular weight is 207 g/mol. The number of nitrogens with zero attached hydrogens (tertiary/aromatic N) is 1. The second-order valence-corrected chi connectivity index (χ2v) is 3.88. The molecule has 82 valence electrons. The van der Waals surface area contributed by atoms with E-state index in [9.17, 15) is 0 Å². The summed E-state index contributed by atoms with van der Waals surface area (Å²) in [4.78, 5) is 4.19. The molecule has 0 unspecified atom stereocenters. The third-order valence-corrected chi connectivity index (χ3v) is 2.68. The number of hydrogen-bond acceptors (Lipinski definition) is 4. The van der Waals surface area contributed by atoms with Crippen molar-refractivity contribution in [1.82, 2.24) is 4.98 Å². The highest BCUT2D eigenvalue weighted by atomic mass is 16.5. The van der Waals surface area contributed by atoms with Gasteiger partial charge in [0.25, 0.3) is 0 Å². The molecule has 0 bridgehead atoms. The van der Waals surface area contributed by atoms with Gasteiger partial charge >= 0.3 is 0 Å². The van der Waals surface area contributed by atoms with Crippen LogP contribution in [0.1, 0.15) is 12.8 Å². The highest BCUT2D eigenvalue weighted by molar-refractivity contribution is 5.42. The first-order valence-corrected chi connectivity index (χ1v) is 5.39. The summed E-state index contributed by atoms with van der Waals surface area (Å²) in [5.41, 5.74) is 5.60. The number of aromatic nitrogens is 1. The van der Waals surface area contributed by atoms with Crippen molar-refractivity contribution in [3.8, 4) is 0 Å². The van der Waals surface area contributed by atoms with Crippen LogP contribution in [0, 0.1) is 5.92 Å². The van der Waals surface area contributed by atoms with Crippen LogP contribution >= 0.6 is 0 Å². The van der Waals surface area contributed by atoms with Crippen LogP contribution in [0.3, 0.4) is 0 Å². The molecule has 0 aromatic carbocycles. The molecule has 0 saturated carbocycles. The maximum absolute atomic E-state index is 5.60. The van der Waals surface area contributed by atoms with Crippen molar-refractivity contribution in [2.45, 2.75) is 12.8 Å². The smallest absolute Gasteiger partial charge is 0.128 e. The third-order valence-electron chi connectivity index (χ3n) is 2.68. The van der Waals surface area contributed by atoms with E-state index in [-0.39, 0.29) is 0 Å². The molecule has 0 aliphatic carbocycles. The quantitative estimate of drug-likeness (QED) is 0.788. The van der Waals surface area contributed by atoms with Crippen molar-refractivity contribution in [3.05, 3.63) is 18.2 Å². The Balaban J connectivity index is 1.81. The van der Waals surface area contributed by atoms with Crippen LogP contribution in [-0.2, 0) is 4.74 Å². The van der Waals surface area contributed by atoms with Crippen molar-refractivity contribution in [1.29, 1.82) is 0 Å². The molecule has 2 rings (SSSR count). The lowest BCUT2D eigenvalue weighted by Crippen LogP contribution is -2.22. The van der Waals surface area contributed by atoms with Crippen molar-refractivity contribution < 1.29 is 4.74 Å². The fraction of sp³-hybridized carbons (Fsp3) is 0.545. The molecular weight excluding hydrogens is 190 g/mol. The first-order valence-electron chi connectivity index (χ1n) is 5.39. The maximum Gasteiger partial charge on any atom is 0.128 e. The van der Waals surface area contributed by atoms with E-state index in [0.717, 1.165) is 38.4 Å². The van der Waals surface area contributed by atoms with E-state index in [1.807, 2.05) is 12.1 Å². The minimum Gasteiger partial charge on any atom is -0.384 e. The molecule has 15 heavy (non-hydrogen) atoms. The lowest BCUT2D eigenvalue weighted by atomic mass is 10.0. The predicted octanol–water partition coefficient (Wildman–Crippen LogP) is 1.50. The average Bonchev–Trinajstić information content (AvgIpc) is 2.28. The normalized spacial score (nSPS) is 17.6. The van der Waals surface area contributed by atoms with Crippen LogP contribution < -0.4 is 11.1 Å². The molecule has 1 fully saturated rings. The van der Waals surface area contributed by atoms with Gasteiger partial charge in [-0.05, 0) is 30.9 Å². The monoisotopic (exact) mass is 207 g/mol. The van der Waals surface area contributed by atoms with Crippen LogP contribution in [0.5, 0.6) is 0 Å². The minimum absolute atomic E-state index is 0.562. The second-order valence-electron chi connectivity index (χ2n) is 3.88. The lowest BCUT2D eigenvalue weighted by Gasteiger charge is -2.22. The molecule has 1 aliphatic rings. The van der Waals surface area contributed by atoms with E-state index in [2.05, 4.69) is 10.3 Å². The van der Waals surface area contributed by atoms with Gasteiger partial charge in [-0.2, -0.15) is 0 Å². The van der Waals surface area contributed by atoms with Crippen LogP contribution in [0.2, 0.25) is 0 Å². The minimum atomic E-state index is 0.562. The number of rotatable bonds is 3. The third kappa shape index (κ3) is 3.09. The number of ether oxygens (including phenoxy) is 1. The Morgan fingerprint density at radius 1 is 1.40 bits per heavy atom. The molecule has 0 spiro atoms. The summed E-state index contributed by atoms with van der Waals surface area (Å²) in [6.07, 6.45) is 2.27. The summed E-state index contributed by atoms with van der Waals surface area (Å²) < 4.78 is 5.31. The largest absolute Gasteiger partial charge is 0.384 e. The molecular formula is C11H17N3O. The summed E-state index contributed by atoms with van der Waals surface area (Å²) in [6, 6.07) is 5.64. The predicted molar refractivity (Wildman–Crippen MR) is 60.7 cm³/mol. The molecule has 1 aliphatic heterocycles. The first-order chi connectivity index (χ1) is 7.34. The molecule has 1 aromatic rings. The first kappa shape index (κ1) is 10.2. The van der Waals surface area contributed by atoms with E-state index < -0.39 is 0 Å². The molecule has 1 aromatic heterocycles. The fourth-order valence-electron chi connectivity index (χ4n) is 1.75. The Hall–Kier alpha value is -1.29. The number of nitrogen functional groups attached to an aromatic ring is 1. The Morgan fingerprint density at radius 3 is 2.93 bits per heavy atom. The van der Waals surface area contributed by atoms with Gasteiger partial charge in [0.2, 0.25) is 0 Å². The van der Waals surface area contributed by atoms with Crippen LogP contribution in [0.4, 0.5) is 11.6 Å². The maximum atomic E-state index is 5.60. The standard InChI is InChI=1S/C11H17N3O/c12-10-2-1-3-11(14-10)13-8-9-4-6-15-7-5-9/h1-3,9H,4-8H2,(H3,12,13,14). The van der Waals surface area contributed by atoms with Gasteiger partial charge in [-0.3, -0.25) is 0 Å². The van der Waals surface area contributed by atoms with Gasteiger partial charge in [-0.1, -0.05) is 6.07 Å². The van der Waals surface area contributed by atoms with Crippen molar-refractivity contribution in [3.63, 3.8) is 0 Å². The molecule has 0 radical (unpaired) electrons. The highest BCUT2D eigenvalue weighted by Gasteiger charge is 2.13. The summed E-state index contributed by atoms with van der Waals surface area (Å²) in [6.45, 7) is 2.73. The van der Waals surface area contributed by atoms with Crippen molar-refractivity contribution >= 4 is 11.6 Å². The molecule has 4 nitrogen and oxygen atoms in total. The Kier molecular flexibility index (Phi) is 3.40. The zero-order valence-corrected chi connectivity index (χ0v) is 8.78. The Bertz CT molecular complexity index is 310. The number of hydrogen-bond donors (Lipinski definition) is 2. The van der Waals surface area contributed by atoms with Crippen LogP contribution in [0.15, 0.2) is 18.2 Å². The van der Waals surface area contributed by atoms with Gasteiger partial charge in [0.1, 0.15) is 11.6 Å². The van der Waals surface area contributed by atoms with Crippen LogP contribution in [-0.4, -0.2) is 24.7 Å². The fourth-order valence-corrected chi connectivity index (χ4v) is 1.75. The Labute approximate surface area is 89.8 Å². The molecule has 1 saturated heterocycles. The second kappa shape index (κ2) is 4.98. The van der Waals surface area contributed by atoms with Gasteiger partial charge < -0.3 is 15.8 Å². The number of nitrogens with two attached hydrogens (primary N) is 1. The molecule has 0 atom stereocenters. The summed E-state index contributed by atoms with van der Waals surface area (Å²) in [5.74, 6) is 2.12. The zero-order chi connectivity index (χ0) is 10.5. The zero-order valence-electron chi connectivity index (χ0n) is 8.78. The highest BCUT2D eigenvalue weighted by Crippen LogP contribution is 2.15. The Morgan fingerprint density at radius 2 is 2.20 bits per heavy atom. The lowest BCUT2D eigenvalue weighted by molar-refractivity contribution is 0.0699. The SMILES string of the molecule is Nc1cccc(NCC2CCOCC2)n1. The van der Waals surface area contributed by atoms with Crippen molar-refractivity contribution in [2.24, 2.45) is 5.92 Å². The summed E-state index contributed by atoms with van der Waals surface area (Å²) >= 11 is 0. The molecule has 3 N–H and O–H groups in total. The van der Waals surface area contributed by atoms with Crippen molar-refractivity contribution in [2.75, 3.05) is 30.8 Å². The van der Waals surface area contributed by atoms with Crippen LogP contribution in [0.25, 0.3) is 0 Å². The van der Waals surface area contributed by atoms with E-state index >= 15 is 0 Å². The topological polar surface area (TPSA) is 60.2 Å². The van der Waals surface area contributed by atoms with Gasteiger partial charge in [0.15, 0.2) is 0 Å². The summed E-state index contributed by atoms with van der Waals surface area (Å²) in [5, 5.41) is 3.31. The number of pyridine rings is 1. The van der Waals surface area contributed by atoms with Gasteiger partial charge in [0.05, 0.1) is 0 Å². The molecule has 0 amide bonds. The van der Waals surface area contributed by atoms with Gasteiger partial charge in [-0.15, -0.1) is 0 Å². The van der Waals surface area contributed by atoms with E-state index in [1.165, 1.54) is 0 Å².